The first-order chi connectivity index (χ1) is 11.1. The highest BCUT2D eigenvalue weighted by Gasteiger charge is 2.19. The molecule has 1 aromatic heterocycles. The van der Waals surface area contributed by atoms with Crippen LogP contribution in [0.4, 0.5) is 0 Å². The van der Waals surface area contributed by atoms with Gasteiger partial charge in [0.05, 0.1) is 19.8 Å². The molecule has 2 aromatic carbocycles. The van der Waals surface area contributed by atoms with Crippen molar-refractivity contribution in [3.63, 3.8) is 0 Å². The lowest BCUT2D eigenvalue weighted by Gasteiger charge is -2.09. The first-order valence-electron chi connectivity index (χ1n) is 6.75. The minimum atomic E-state index is -0.452. The van der Waals surface area contributed by atoms with Crippen LogP contribution in [0.25, 0.3) is 22.1 Å². The van der Waals surface area contributed by atoms with Crippen molar-refractivity contribution in [1.82, 2.24) is 0 Å². The Hall–Kier alpha value is -3.15. The van der Waals surface area contributed by atoms with E-state index in [1.165, 1.54) is 19.4 Å². The van der Waals surface area contributed by atoms with Gasteiger partial charge < -0.3 is 24.1 Å². The van der Waals surface area contributed by atoms with E-state index in [-0.39, 0.29) is 28.0 Å². The highest BCUT2D eigenvalue weighted by molar-refractivity contribution is 5.91. The Labute approximate surface area is 131 Å². The van der Waals surface area contributed by atoms with E-state index in [2.05, 4.69) is 0 Å². The number of fused-ring (bicyclic) bond motifs is 1. The highest BCUT2D eigenvalue weighted by atomic mass is 16.5. The maximum atomic E-state index is 12.7. The van der Waals surface area contributed by atoms with Crippen molar-refractivity contribution in [3.8, 4) is 34.1 Å². The predicted octanol–water partition coefficient (Wildman–Crippen LogP) is 2.89. The van der Waals surface area contributed by atoms with E-state index in [1.54, 1.807) is 31.4 Å². The molecule has 1 heterocycles. The summed E-state index contributed by atoms with van der Waals surface area (Å²) in [6.45, 7) is 0. The highest BCUT2D eigenvalue weighted by Crippen LogP contribution is 2.41. The fourth-order valence-corrected chi connectivity index (χ4v) is 2.41. The summed E-state index contributed by atoms with van der Waals surface area (Å²) < 4.78 is 15.4. The molecule has 0 spiro atoms. The second-order valence-corrected chi connectivity index (χ2v) is 4.86. The van der Waals surface area contributed by atoms with Crippen LogP contribution < -0.4 is 14.9 Å². The topological polar surface area (TPSA) is 89.1 Å². The molecular formula is C17H14O6. The van der Waals surface area contributed by atoms with Crippen molar-refractivity contribution < 1.29 is 24.1 Å². The molecule has 0 fully saturated rings. The Morgan fingerprint density at radius 2 is 1.74 bits per heavy atom. The number of hydrogen-bond acceptors (Lipinski definition) is 6. The van der Waals surface area contributed by atoms with Gasteiger partial charge in [-0.05, 0) is 17.7 Å². The minimum Gasteiger partial charge on any atom is -0.504 e. The van der Waals surface area contributed by atoms with Gasteiger partial charge in [0.15, 0.2) is 11.5 Å². The molecule has 23 heavy (non-hydrogen) atoms. The monoisotopic (exact) mass is 314 g/mol. The normalized spacial score (nSPS) is 10.7. The molecule has 0 radical (unpaired) electrons. The van der Waals surface area contributed by atoms with Gasteiger partial charge in [0, 0.05) is 6.07 Å². The van der Waals surface area contributed by atoms with E-state index < -0.39 is 11.2 Å². The standard InChI is InChI=1S/C17H14O6/c1-21-10-5-3-9(4-6-10)11-8-23-13-7-12(18)17(22-2)16(20)14(13)15(11)19/h3-8,18,20H,1-2H3. The fraction of sp³-hybridized carbons (Fsp3) is 0.118. The number of phenolic OH excluding ortho intramolecular Hbond substituents is 2. The van der Waals surface area contributed by atoms with Gasteiger partial charge in [-0.15, -0.1) is 0 Å². The largest absolute Gasteiger partial charge is 0.504 e. The van der Waals surface area contributed by atoms with E-state index in [1.807, 2.05) is 0 Å². The second kappa shape index (κ2) is 5.57. The summed E-state index contributed by atoms with van der Waals surface area (Å²) in [5.74, 6) is -0.269. The summed E-state index contributed by atoms with van der Waals surface area (Å²) in [6, 6.07) is 8.09. The van der Waals surface area contributed by atoms with Crippen molar-refractivity contribution in [2.45, 2.75) is 0 Å². The quantitative estimate of drug-likeness (QED) is 0.772. The zero-order valence-electron chi connectivity index (χ0n) is 12.5. The molecule has 0 aliphatic carbocycles. The van der Waals surface area contributed by atoms with Crippen LogP contribution in [0.3, 0.4) is 0 Å². The van der Waals surface area contributed by atoms with E-state index in [0.717, 1.165) is 0 Å². The molecule has 0 aliphatic heterocycles. The van der Waals surface area contributed by atoms with Gasteiger partial charge in [-0.1, -0.05) is 12.1 Å². The third kappa shape index (κ3) is 2.34. The van der Waals surface area contributed by atoms with Gasteiger partial charge in [0.2, 0.25) is 11.2 Å². The Bertz CT molecular complexity index is 924. The van der Waals surface area contributed by atoms with Gasteiger partial charge in [0.25, 0.3) is 0 Å². The van der Waals surface area contributed by atoms with E-state index in [9.17, 15) is 15.0 Å². The number of aromatic hydroxyl groups is 2. The smallest absolute Gasteiger partial charge is 0.204 e. The van der Waals surface area contributed by atoms with Crippen molar-refractivity contribution >= 4 is 11.0 Å². The van der Waals surface area contributed by atoms with Crippen molar-refractivity contribution in [2.24, 2.45) is 0 Å². The average molecular weight is 314 g/mol. The first kappa shape index (κ1) is 14.8. The number of ether oxygens (including phenoxy) is 2. The van der Waals surface area contributed by atoms with Gasteiger partial charge in [0.1, 0.15) is 23.0 Å². The van der Waals surface area contributed by atoms with Crippen LogP contribution in [0.5, 0.6) is 23.0 Å². The second-order valence-electron chi connectivity index (χ2n) is 4.86. The fourth-order valence-electron chi connectivity index (χ4n) is 2.41. The lowest BCUT2D eigenvalue weighted by atomic mass is 10.0. The molecule has 6 nitrogen and oxygen atoms in total. The zero-order chi connectivity index (χ0) is 16.6. The van der Waals surface area contributed by atoms with Crippen LogP contribution >= 0.6 is 0 Å². The molecule has 0 atom stereocenters. The Morgan fingerprint density at radius 3 is 2.35 bits per heavy atom. The number of benzene rings is 2. The molecule has 0 amide bonds. The molecule has 2 N–H and O–H groups in total. The summed E-state index contributed by atoms with van der Waals surface area (Å²) in [5.41, 5.74) is 0.548. The van der Waals surface area contributed by atoms with Crippen LogP contribution in [0.1, 0.15) is 0 Å². The van der Waals surface area contributed by atoms with Gasteiger partial charge in [-0.25, -0.2) is 0 Å². The first-order valence-corrected chi connectivity index (χ1v) is 6.75. The number of hydrogen-bond donors (Lipinski definition) is 2. The van der Waals surface area contributed by atoms with Crippen LogP contribution in [-0.2, 0) is 0 Å². The predicted molar refractivity (Wildman–Crippen MR) is 84.4 cm³/mol. The third-order valence-electron chi connectivity index (χ3n) is 3.58. The molecule has 0 saturated heterocycles. The van der Waals surface area contributed by atoms with Crippen molar-refractivity contribution in [3.05, 3.63) is 46.8 Å². The van der Waals surface area contributed by atoms with Gasteiger partial charge >= 0.3 is 0 Å². The number of phenols is 2. The Balaban J connectivity index is 2.27. The summed E-state index contributed by atoms with van der Waals surface area (Å²) in [6.07, 6.45) is 1.29. The average Bonchev–Trinajstić information content (AvgIpc) is 2.55. The molecule has 0 saturated carbocycles. The Morgan fingerprint density at radius 1 is 1.04 bits per heavy atom. The van der Waals surface area contributed by atoms with Crippen molar-refractivity contribution in [1.29, 1.82) is 0 Å². The number of methoxy groups -OCH3 is 2. The SMILES string of the molecule is COc1ccc(-c2coc3cc(O)c(OC)c(O)c3c2=O)cc1. The van der Waals surface area contributed by atoms with Crippen LogP contribution in [-0.4, -0.2) is 24.4 Å². The molecule has 6 heteroatoms. The maximum Gasteiger partial charge on any atom is 0.204 e. The number of rotatable bonds is 3. The van der Waals surface area contributed by atoms with Crippen LogP contribution in [0.2, 0.25) is 0 Å². The van der Waals surface area contributed by atoms with Crippen LogP contribution in [0, 0.1) is 0 Å². The molecule has 0 unspecified atom stereocenters. The lowest BCUT2D eigenvalue weighted by molar-refractivity contribution is 0.346. The molecule has 0 aliphatic rings. The summed E-state index contributed by atoms with van der Waals surface area (Å²) >= 11 is 0. The van der Waals surface area contributed by atoms with E-state index >= 15 is 0 Å². The summed E-state index contributed by atoms with van der Waals surface area (Å²) in [4.78, 5) is 12.7. The summed E-state index contributed by atoms with van der Waals surface area (Å²) in [7, 11) is 2.84. The molecular weight excluding hydrogens is 300 g/mol. The maximum absolute atomic E-state index is 12.7. The summed E-state index contributed by atoms with van der Waals surface area (Å²) in [5, 5.41) is 19.9. The molecule has 3 aromatic rings. The minimum absolute atomic E-state index is 0.0482. The van der Waals surface area contributed by atoms with E-state index in [4.69, 9.17) is 13.9 Å². The molecule has 0 bridgehead atoms. The van der Waals surface area contributed by atoms with Gasteiger partial charge in [-0.3, -0.25) is 4.79 Å². The third-order valence-corrected chi connectivity index (χ3v) is 3.58. The molecule has 118 valence electrons. The zero-order valence-corrected chi connectivity index (χ0v) is 12.5. The molecule has 3 rings (SSSR count). The van der Waals surface area contributed by atoms with Gasteiger partial charge in [-0.2, -0.15) is 0 Å². The van der Waals surface area contributed by atoms with Crippen LogP contribution in [0.15, 0.2) is 45.8 Å². The van der Waals surface area contributed by atoms with Crippen molar-refractivity contribution in [2.75, 3.05) is 14.2 Å². The Kier molecular flexibility index (Phi) is 3.57. The van der Waals surface area contributed by atoms with E-state index in [0.29, 0.717) is 11.3 Å². The lowest BCUT2D eigenvalue weighted by Crippen LogP contribution is -2.05.